The summed E-state index contributed by atoms with van der Waals surface area (Å²) in [6.07, 6.45) is 3.15. The van der Waals surface area contributed by atoms with Gasteiger partial charge in [-0.25, -0.2) is 12.8 Å². The molecule has 0 unspecified atom stereocenters. The third kappa shape index (κ3) is 2.94. The molecule has 0 saturated heterocycles. The Morgan fingerprint density at radius 3 is 2.75 bits per heavy atom. The van der Waals surface area contributed by atoms with Crippen molar-refractivity contribution < 1.29 is 12.8 Å². The summed E-state index contributed by atoms with van der Waals surface area (Å²) in [5, 5.41) is 0. The molecule has 0 atom stereocenters. The van der Waals surface area contributed by atoms with Crippen molar-refractivity contribution in [2.45, 2.75) is 11.4 Å². The third-order valence-corrected chi connectivity index (χ3v) is 4.59. The van der Waals surface area contributed by atoms with Gasteiger partial charge in [-0.2, -0.15) is 4.31 Å². The fraction of sp³-hybridized carbons (Fsp3) is 0.154. The van der Waals surface area contributed by atoms with E-state index in [1.807, 2.05) is 0 Å². The van der Waals surface area contributed by atoms with Gasteiger partial charge in [-0.1, -0.05) is 6.07 Å². The van der Waals surface area contributed by atoms with Crippen LogP contribution in [-0.2, 0) is 16.6 Å². The number of nitrogen functional groups attached to an aromatic ring is 1. The maximum Gasteiger partial charge on any atom is 0.246 e. The molecule has 106 valence electrons. The van der Waals surface area contributed by atoms with E-state index in [2.05, 4.69) is 4.98 Å². The number of rotatable bonds is 4. The molecular weight excluding hydrogens is 281 g/mol. The van der Waals surface area contributed by atoms with E-state index in [-0.39, 0.29) is 12.2 Å². The number of nitrogens with zero attached hydrogens (tertiary/aromatic N) is 2. The van der Waals surface area contributed by atoms with E-state index in [9.17, 15) is 12.8 Å². The summed E-state index contributed by atoms with van der Waals surface area (Å²) in [4.78, 5) is 3.48. The molecule has 0 amide bonds. The quantitative estimate of drug-likeness (QED) is 0.870. The Labute approximate surface area is 116 Å². The smallest absolute Gasteiger partial charge is 0.246 e. The second-order valence-corrected chi connectivity index (χ2v) is 6.33. The highest BCUT2D eigenvalue weighted by Crippen LogP contribution is 2.22. The first kappa shape index (κ1) is 14.4. The van der Waals surface area contributed by atoms with Gasteiger partial charge in [0, 0.05) is 31.7 Å². The van der Waals surface area contributed by atoms with E-state index in [1.54, 1.807) is 24.5 Å². The highest BCUT2D eigenvalue weighted by molar-refractivity contribution is 7.89. The Bertz CT molecular complexity index is 705. The lowest BCUT2D eigenvalue weighted by Gasteiger charge is -2.17. The van der Waals surface area contributed by atoms with Crippen LogP contribution in [-0.4, -0.2) is 24.8 Å². The molecule has 2 aromatic rings. The van der Waals surface area contributed by atoms with Crippen LogP contribution in [0.3, 0.4) is 0 Å². The molecular formula is C13H14FN3O2S. The lowest BCUT2D eigenvalue weighted by molar-refractivity contribution is 0.459. The lowest BCUT2D eigenvalue weighted by Crippen LogP contribution is -2.27. The third-order valence-electron chi connectivity index (χ3n) is 2.77. The van der Waals surface area contributed by atoms with Crippen LogP contribution in [0, 0.1) is 5.82 Å². The molecule has 2 rings (SSSR count). The van der Waals surface area contributed by atoms with Gasteiger partial charge in [0.05, 0.1) is 0 Å². The summed E-state index contributed by atoms with van der Waals surface area (Å²) in [7, 11) is -2.56. The second-order valence-electron chi connectivity index (χ2n) is 4.31. The molecule has 7 heteroatoms. The van der Waals surface area contributed by atoms with E-state index in [0.29, 0.717) is 5.56 Å². The fourth-order valence-corrected chi connectivity index (χ4v) is 2.97. The predicted molar refractivity (Wildman–Crippen MR) is 73.7 cm³/mol. The minimum absolute atomic E-state index is 0.102. The number of benzene rings is 1. The van der Waals surface area contributed by atoms with Crippen molar-refractivity contribution in [3.8, 4) is 0 Å². The first-order valence-corrected chi connectivity index (χ1v) is 7.25. The second kappa shape index (κ2) is 5.56. The Morgan fingerprint density at radius 2 is 2.10 bits per heavy atom. The molecule has 0 fully saturated rings. The van der Waals surface area contributed by atoms with Crippen molar-refractivity contribution in [1.82, 2.24) is 9.29 Å². The summed E-state index contributed by atoms with van der Waals surface area (Å²) in [6.45, 7) is 0.102. The molecule has 0 spiro atoms. The van der Waals surface area contributed by atoms with Crippen LogP contribution in [0.15, 0.2) is 47.6 Å². The zero-order valence-corrected chi connectivity index (χ0v) is 11.6. The maximum absolute atomic E-state index is 13.7. The number of anilines is 1. The highest BCUT2D eigenvalue weighted by Gasteiger charge is 2.24. The van der Waals surface area contributed by atoms with Crippen LogP contribution in [0.25, 0.3) is 0 Å². The Balaban J connectivity index is 2.32. The molecule has 1 heterocycles. The van der Waals surface area contributed by atoms with Gasteiger partial charge in [0.25, 0.3) is 0 Å². The van der Waals surface area contributed by atoms with E-state index < -0.39 is 20.7 Å². The standard InChI is InChI=1S/C13H14FN3O2S/c1-17(9-10-3-2-6-16-8-10)20(18,19)13-7-11(15)4-5-12(13)14/h2-8H,9,15H2,1H3. The predicted octanol–water partition coefficient (Wildman–Crippen LogP) is 1.62. The molecule has 0 saturated carbocycles. The van der Waals surface area contributed by atoms with Gasteiger partial charge in [0.1, 0.15) is 10.7 Å². The van der Waals surface area contributed by atoms with E-state index in [0.717, 1.165) is 16.4 Å². The minimum Gasteiger partial charge on any atom is -0.399 e. The lowest BCUT2D eigenvalue weighted by atomic mass is 10.3. The average Bonchev–Trinajstić information content (AvgIpc) is 2.42. The van der Waals surface area contributed by atoms with Crippen LogP contribution < -0.4 is 5.73 Å². The molecule has 0 bridgehead atoms. The van der Waals surface area contributed by atoms with Crippen LogP contribution in [0.4, 0.5) is 10.1 Å². The van der Waals surface area contributed by atoms with Crippen molar-refractivity contribution in [3.63, 3.8) is 0 Å². The number of nitrogens with two attached hydrogens (primary N) is 1. The van der Waals surface area contributed by atoms with Gasteiger partial charge in [0.15, 0.2) is 0 Å². The number of hydrogen-bond donors (Lipinski definition) is 1. The van der Waals surface area contributed by atoms with E-state index >= 15 is 0 Å². The first-order chi connectivity index (χ1) is 9.41. The van der Waals surface area contributed by atoms with Crippen molar-refractivity contribution in [3.05, 3.63) is 54.1 Å². The number of hydrogen-bond acceptors (Lipinski definition) is 4. The zero-order chi connectivity index (χ0) is 14.8. The van der Waals surface area contributed by atoms with Gasteiger partial charge in [-0.3, -0.25) is 4.98 Å². The van der Waals surface area contributed by atoms with Gasteiger partial charge in [0.2, 0.25) is 10.0 Å². The molecule has 20 heavy (non-hydrogen) atoms. The van der Waals surface area contributed by atoms with E-state index in [1.165, 1.54) is 13.1 Å². The summed E-state index contributed by atoms with van der Waals surface area (Å²) in [5.41, 5.74) is 6.42. The Kier molecular flexibility index (Phi) is 4.01. The maximum atomic E-state index is 13.7. The van der Waals surface area contributed by atoms with Crippen LogP contribution in [0.2, 0.25) is 0 Å². The molecule has 0 aliphatic heterocycles. The van der Waals surface area contributed by atoms with Crippen LogP contribution >= 0.6 is 0 Å². The molecule has 1 aromatic carbocycles. The van der Waals surface area contributed by atoms with E-state index in [4.69, 9.17) is 5.73 Å². The first-order valence-electron chi connectivity index (χ1n) is 5.81. The number of sulfonamides is 1. The molecule has 0 aliphatic carbocycles. The Morgan fingerprint density at radius 1 is 1.35 bits per heavy atom. The van der Waals surface area contributed by atoms with Gasteiger partial charge < -0.3 is 5.73 Å². The van der Waals surface area contributed by atoms with Crippen LogP contribution in [0.5, 0.6) is 0 Å². The topological polar surface area (TPSA) is 76.3 Å². The van der Waals surface area contributed by atoms with Gasteiger partial charge >= 0.3 is 0 Å². The summed E-state index contributed by atoms with van der Waals surface area (Å²) < 4.78 is 39.4. The SMILES string of the molecule is CN(Cc1cccnc1)S(=O)(=O)c1cc(N)ccc1F. The van der Waals surface area contributed by atoms with Gasteiger partial charge in [-0.05, 0) is 29.8 Å². The van der Waals surface area contributed by atoms with Gasteiger partial charge in [-0.15, -0.1) is 0 Å². The molecule has 0 radical (unpaired) electrons. The Hall–Kier alpha value is -1.99. The van der Waals surface area contributed by atoms with Crippen molar-refractivity contribution >= 4 is 15.7 Å². The number of pyridine rings is 1. The number of halogens is 1. The molecule has 2 N–H and O–H groups in total. The highest BCUT2D eigenvalue weighted by atomic mass is 32.2. The minimum atomic E-state index is -3.94. The monoisotopic (exact) mass is 295 g/mol. The molecule has 1 aromatic heterocycles. The summed E-state index contributed by atoms with van der Waals surface area (Å²) in [6, 6.07) is 6.92. The average molecular weight is 295 g/mol. The zero-order valence-electron chi connectivity index (χ0n) is 10.8. The summed E-state index contributed by atoms with van der Waals surface area (Å²) in [5.74, 6) is -0.822. The number of aromatic nitrogens is 1. The van der Waals surface area contributed by atoms with Crippen LogP contribution in [0.1, 0.15) is 5.56 Å². The normalized spacial score (nSPS) is 11.8. The fourth-order valence-electron chi connectivity index (χ4n) is 1.72. The largest absolute Gasteiger partial charge is 0.399 e. The van der Waals surface area contributed by atoms with Crippen molar-refractivity contribution in [1.29, 1.82) is 0 Å². The molecule has 5 nitrogen and oxygen atoms in total. The summed E-state index contributed by atoms with van der Waals surface area (Å²) >= 11 is 0. The van der Waals surface area contributed by atoms with Crippen molar-refractivity contribution in [2.24, 2.45) is 0 Å². The van der Waals surface area contributed by atoms with Crippen molar-refractivity contribution in [2.75, 3.05) is 12.8 Å². The molecule has 0 aliphatic rings.